The summed E-state index contributed by atoms with van der Waals surface area (Å²) in [5.41, 5.74) is 0.708. The quantitative estimate of drug-likeness (QED) is 0.857. The molecule has 4 nitrogen and oxygen atoms in total. The smallest absolute Gasteiger partial charge is 0.410 e. The minimum absolute atomic E-state index is 0.0843. The Kier molecular flexibility index (Phi) is 4.65. The first kappa shape index (κ1) is 14.9. The summed E-state index contributed by atoms with van der Waals surface area (Å²) in [5, 5.41) is 3.35. The fourth-order valence-corrected chi connectivity index (χ4v) is 2.44. The third-order valence-electron chi connectivity index (χ3n) is 3.31. The van der Waals surface area contributed by atoms with E-state index in [4.69, 9.17) is 4.74 Å². The van der Waals surface area contributed by atoms with Crippen LogP contribution in [-0.4, -0.2) is 36.2 Å². The Balaban J connectivity index is 2.19. The number of carbonyl (C=O) groups excluding carboxylic acids is 1. The van der Waals surface area contributed by atoms with Crippen LogP contribution in [0.1, 0.15) is 38.8 Å². The van der Waals surface area contributed by atoms with Crippen LogP contribution in [0.5, 0.6) is 0 Å². The van der Waals surface area contributed by atoms with Crippen molar-refractivity contribution in [2.75, 3.05) is 19.6 Å². The van der Waals surface area contributed by atoms with Crippen LogP contribution < -0.4 is 5.32 Å². The van der Waals surface area contributed by atoms with E-state index >= 15 is 0 Å². The third kappa shape index (κ3) is 3.97. The van der Waals surface area contributed by atoms with Gasteiger partial charge in [0.15, 0.2) is 0 Å². The Hall–Kier alpha value is -1.55. The maximum Gasteiger partial charge on any atom is 0.410 e. The van der Waals surface area contributed by atoms with Crippen molar-refractivity contribution in [3.63, 3.8) is 0 Å². The average Bonchev–Trinajstić information content (AvgIpc) is 2.63. The molecule has 4 heteroatoms. The van der Waals surface area contributed by atoms with Crippen molar-refractivity contribution in [1.29, 1.82) is 0 Å². The second-order valence-electron chi connectivity index (χ2n) is 6.14. The van der Waals surface area contributed by atoms with Gasteiger partial charge in [0.05, 0.1) is 6.04 Å². The lowest BCUT2D eigenvalue weighted by Crippen LogP contribution is -2.40. The van der Waals surface area contributed by atoms with Gasteiger partial charge in [-0.3, -0.25) is 4.90 Å². The van der Waals surface area contributed by atoms with Crippen LogP contribution in [-0.2, 0) is 4.74 Å². The molecule has 0 aromatic heterocycles. The normalized spacial score (nSPS) is 20.4. The summed E-state index contributed by atoms with van der Waals surface area (Å²) in [6.07, 6.45) is 0.679. The van der Waals surface area contributed by atoms with E-state index in [1.165, 1.54) is 5.56 Å². The standard InChI is InChI=1S/C16H24N2O2/c1-16(2,3)20-15(19)18-12-11-17-10-9-14(18)13-7-5-4-6-8-13/h4-8,14,17H,9-12H2,1-3H3/t14-/m0/s1. The highest BCUT2D eigenvalue weighted by Gasteiger charge is 2.30. The Labute approximate surface area is 121 Å². The first-order valence-electron chi connectivity index (χ1n) is 7.23. The second-order valence-corrected chi connectivity index (χ2v) is 6.14. The van der Waals surface area contributed by atoms with E-state index in [1.54, 1.807) is 0 Å². The molecule has 1 aliphatic heterocycles. The van der Waals surface area contributed by atoms with Crippen molar-refractivity contribution >= 4 is 6.09 Å². The molecule has 0 unspecified atom stereocenters. The zero-order chi connectivity index (χ0) is 14.6. The van der Waals surface area contributed by atoms with E-state index in [2.05, 4.69) is 17.4 Å². The Morgan fingerprint density at radius 3 is 2.60 bits per heavy atom. The topological polar surface area (TPSA) is 41.6 Å². The molecule has 1 atom stereocenters. The maximum absolute atomic E-state index is 12.4. The molecule has 0 bridgehead atoms. The number of nitrogens with one attached hydrogen (secondary N) is 1. The van der Waals surface area contributed by atoms with Crippen LogP contribution in [0.4, 0.5) is 4.79 Å². The molecule has 110 valence electrons. The number of rotatable bonds is 1. The summed E-state index contributed by atoms with van der Waals surface area (Å²) in [6, 6.07) is 10.3. The summed E-state index contributed by atoms with van der Waals surface area (Å²) in [4.78, 5) is 14.3. The van der Waals surface area contributed by atoms with Gasteiger partial charge < -0.3 is 10.1 Å². The number of amides is 1. The summed E-state index contributed by atoms with van der Waals surface area (Å²) in [7, 11) is 0. The summed E-state index contributed by atoms with van der Waals surface area (Å²) in [5.74, 6) is 0. The number of hydrogen-bond acceptors (Lipinski definition) is 3. The second kappa shape index (κ2) is 6.27. The van der Waals surface area contributed by atoms with Gasteiger partial charge in [0.25, 0.3) is 0 Å². The highest BCUT2D eigenvalue weighted by atomic mass is 16.6. The van der Waals surface area contributed by atoms with E-state index in [1.807, 2.05) is 43.9 Å². The monoisotopic (exact) mass is 276 g/mol. The molecule has 2 rings (SSSR count). The molecule has 1 aromatic rings. The van der Waals surface area contributed by atoms with Gasteiger partial charge in [-0.1, -0.05) is 30.3 Å². The van der Waals surface area contributed by atoms with Crippen LogP contribution in [0, 0.1) is 0 Å². The Morgan fingerprint density at radius 1 is 1.25 bits per heavy atom. The molecule has 1 saturated heterocycles. The summed E-state index contributed by atoms with van der Waals surface area (Å²) in [6.45, 7) is 8.10. The SMILES string of the molecule is CC(C)(C)OC(=O)N1CCNCC[C@H]1c1ccccc1. The van der Waals surface area contributed by atoms with Crippen molar-refractivity contribution in [2.45, 2.75) is 38.8 Å². The molecule has 1 aliphatic rings. The number of ether oxygens (including phenoxy) is 1. The molecule has 1 fully saturated rings. The van der Waals surface area contributed by atoms with Gasteiger partial charge in [-0.25, -0.2) is 4.79 Å². The highest BCUT2D eigenvalue weighted by Crippen LogP contribution is 2.26. The zero-order valence-electron chi connectivity index (χ0n) is 12.6. The molecule has 0 radical (unpaired) electrons. The van der Waals surface area contributed by atoms with Crippen LogP contribution in [0.2, 0.25) is 0 Å². The van der Waals surface area contributed by atoms with Gasteiger partial charge in [0, 0.05) is 13.1 Å². The van der Waals surface area contributed by atoms with Crippen molar-refractivity contribution < 1.29 is 9.53 Å². The maximum atomic E-state index is 12.4. The number of hydrogen-bond donors (Lipinski definition) is 1. The molecule has 1 aromatic carbocycles. The predicted octanol–water partition coefficient (Wildman–Crippen LogP) is 2.96. The van der Waals surface area contributed by atoms with E-state index in [0.29, 0.717) is 6.54 Å². The van der Waals surface area contributed by atoms with E-state index in [0.717, 1.165) is 19.5 Å². The van der Waals surface area contributed by atoms with E-state index in [9.17, 15) is 4.79 Å². The molecular formula is C16H24N2O2. The Morgan fingerprint density at radius 2 is 1.95 bits per heavy atom. The highest BCUT2D eigenvalue weighted by molar-refractivity contribution is 5.69. The zero-order valence-corrected chi connectivity index (χ0v) is 12.6. The van der Waals surface area contributed by atoms with Gasteiger partial charge in [0.1, 0.15) is 5.60 Å². The number of carbonyl (C=O) groups is 1. The lowest BCUT2D eigenvalue weighted by Gasteiger charge is -2.32. The van der Waals surface area contributed by atoms with Gasteiger partial charge in [-0.05, 0) is 39.3 Å². The molecule has 1 amide bonds. The van der Waals surface area contributed by atoms with Crippen molar-refractivity contribution in [1.82, 2.24) is 10.2 Å². The molecule has 1 heterocycles. The van der Waals surface area contributed by atoms with Gasteiger partial charge in [0.2, 0.25) is 0 Å². The predicted molar refractivity (Wildman–Crippen MR) is 79.6 cm³/mol. The molecule has 0 aliphatic carbocycles. The lowest BCUT2D eigenvalue weighted by molar-refractivity contribution is 0.0171. The first-order valence-corrected chi connectivity index (χ1v) is 7.23. The lowest BCUT2D eigenvalue weighted by atomic mass is 10.0. The fourth-order valence-electron chi connectivity index (χ4n) is 2.44. The molecule has 0 saturated carbocycles. The van der Waals surface area contributed by atoms with E-state index in [-0.39, 0.29) is 12.1 Å². The molecule has 1 N–H and O–H groups in total. The van der Waals surface area contributed by atoms with Gasteiger partial charge >= 0.3 is 6.09 Å². The number of nitrogens with zero attached hydrogens (tertiary/aromatic N) is 1. The number of benzene rings is 1. The minimum Gasteiger partial charge on any atom is -0.444 e. The van der Waals surface area contributed by atoms with Crippen LogP contribution in [0.3, 0.4) is 0 Å². The third-order valence-corrected chi connectivity index (χ3v) is 3.31. The van der Waals surface area contributed by atoms with Crippen molar-refractivity contribution in [2.24, 2.45) is 0 Å². The van der Waals surface area contributed by atoms with Gasteiger partial charge in [-0.2, -0.15) is 0 Å². The fraction of sp³-hybridized carbons (Fsp3) is 0.562. The first-order chi connectivity index (χ1) is 9.47. The van der Waals surface area contributed by atoms with Crippen molar-refractivity contribution in [3.8, 4) is 0 Å². The summed E-state index contributed by atoms with van der Waals surface area (Å²) < 4.78 is 5.54. The minimum atomic E-state index is -0.460. The molecule has 0 spiro atoms. The summed E-state index contributed by atoms with van der Waals surface area (Å²) >= 11 is 0. The largest absolute Gasteiger partial charge is 0.444 e. The average molecular weight is 276 g/mol. The van der Waals surface area contributed by atoms with Gasteiger partial charge in [-0.15, -0.1) is 0 Å². The van der Waals surface area contributed by atoms with Crippen LogP contribution >= 0.6 is 0 Å². The van der Waals surface area contributed by atoms with Crippen LogP contribution in [0.25, 0.3) is 0 Å². The Bertz CT molecular complexity index is 440. The molecular weight excluding hydrogens is 252 g/mol. The van der Waals surface area contributed by atoms with Crippen LogP contribution in [0.15, 0.2) is 30.3 Å². The van der Waals surface area contributed by atoms with E-state index < -0.39 is 5.60 Å². The molecule has 20 heavy (non-hydrogen) atoms. The van der Waals surface area contributed by atoms with Crippen molar-refractivity contribution in [3.05, 3.63) is 35.9 Å².